The molecule has 3 N–H and O–H groups in total. The summed E-state index contributed by atoms with van der Waals surface area (Å²) in [5.74, 6) is -0.901. The van der Waals surface area contributed by atoms with Crippen LogP contribution in [0.4, 0.5) is 15.5 Å². The fraction of sp³-hybridized carbons (Fsp3) is 0.136. The Morgan fingerprint density at radius 2 is 1.65 bits per heavy atom. The molecule has 1 heterocycles. The topological polar surface area (TPSA) is 140 Å². The molecule has 0 radical (unpaired) electrons. The van der Waals surface area contributed by atoms with E-state index in [4.69, 9.17) is 4.74 Å². The van der Waals surface area contributed by atoms with Crippen LogP contribution in [0.2, 0.25) is 0 Å². The van der Waals surface area contributed by atoms with Crippen molar-refractivity contribution in [2.45, 2.75) is 11.8 Å². The van der Waals surface area contributed by atoms with Gasteiger partial charge >= 0.3 is 6.09 Å². The first-order chi connectivity index (χ1) is 16.2. The second-order valence-electron chi connectivity index (χ2n) is 6.62. The molecule has 3 aromatic rings. The number of sulfonamides is 1. The Bertz CT molecular complexity index is 1300. The van der Waals surface area contributed by atoms with E-state index in [0.717, 1.165) is 11.3 Å². The fourth-order valence-electron chi connectivity index (χ4n) is 2.81. The van der Waals surface area contributed by atoms with E-state index < -0.39 is 27.9 Å². The van der Waals surface area contributed by atoms with Gasteiger partial charge in [-0.3, -0.25) is 19.6 Å². The lowest BCUT2D eigenvalue weighted by Crippen LogP contribution is -2.31. The SMILES string of the molecule is CCOC(=O)NC(=O)c1ccsc1NC(=O)c1ccccc1NS(=O)(=O)c1ccc(OC)cc1. The van der Waals surface area contributed by atoms with Gasteiger partial charge in [0.05, 0.1) is 35.4 Å². The van der Waals surface area contributed by atoms with Gasteiger partial charge in [0.25, 0.3) is 21.8 Å². The Morgan fingerprint density at radius 1 is 0.941 bits per heavy atom. The summed E-state index contributed by atoms with van der Waals surface area (Å²) >= 11 is 1.07. The Labute approximate surface area is 199 Å². The second kappa shape index (κ2) is 10.8. The van der Waals surface area contributed by atoms with Gasteiger partial charge in [0.1, 0.15) is 10.8 Å². The minimum atomic E-state index is -4.00. The number of nitrogens with one attached hydrogen (secondary N) is 3. The summed E-state index contributed by atoms with van der Waals surface area (Å²) in [5.41, 5.74) is 0.136. The maximum Gasteiger partial charge on any atom is 0.414 e. The molecule has 0 saturated heterocycles. The van der Waals surface area contributed by atoms with Crippen LogP contribution >= 0.6 is 11.3 Å². The fourth-order valence-corrected chi connectivity index (χ4v) is 4.67. The average molecular weight is 504 g/mol. The lowest BCUT2D eigenvalue weighted by atomic mass is 10.1. The summed E-state index contributed by atoms with van der Waals surface area (Å²) in [6.07, 6.45) is -0.908. The molecule has 0 bridgehead atoms. The number of hydrogen-bond donors (Lipinski definition) is 3. The van der Waals surface area contributed by atoms with Gasteiger partial charge < -0.3 is 14.8 Å². The Balaban J connectivity index is 1.80. The third kappa shape index (κ3) is 5.91. The van der Waals surface area contributed by atoms with Crippen molar-refractivity contribution in [2.75, 3.05) is 23.8 Å². The molecule has 3 amide bonds. The molecule has 2 aromatic carbocycles. The van der Waals surface area contributed by atoms with Crippen LogP contribution in [0.25, 0.3) is 0 Å². The zero-order chi connectivity index (χ0) is 24.7. The number of hydrogen-bond acceptors (Lipinski definition) is 8. The highest BCUT2D eigenvalue weighted by Crippen LogP contribution is 2.26. The van der Waals surface area contributed by atoms with Crippen LogP contribution in [-0.2, 0) is 14.8 Å². The minimum Gasteiger partial charge on any atom is -0.497 e. The zero-order valence-electron chi connectivity index (χ0n) is 18.2. The van der Waals surface area contributed by atoms with Gasteiger partial charge in [-0.1, -0.05) is 12.1 Å². The molecule has 3 rings (SSSR count). The molecule has 0 fully saturated rings. The third-order valence-electron chi connectivity index (χ3n) is 4.41. The smallest absolute Gasteiger partial charge is 0.414 e. The number of anilines is 2. The zero-order valence-corrected chi connectivity index (χ0v) is 19.8. The Morgan fingerprint density at radius 3 is 2.32 bits per heavy atom. The predicted octanol–water partition coefficient (Wildman–Crippen LogP) is 3.70. The van der Waals surface area contributed by atoms with Crippen molar-refractivity contribution in [3.8, 4) is 5.75 Å². The average Bonchev–Trinajstić information content (AvgIpc) is 3.27. The first-order valence-electron chi connectivity index (χ1n) is 9.88. The first kappa shape index (κ1) is 24.7. The number of imide groups is 1. The summed E-state index contributed by atoms with van der Waals surface area (Å²) in [6, 6.07) is 13.2. The summed E-state index contributed by atoms with van der Waals surface area (Å²) in [4.78, 5) is 36.8. The summed E-state index contributed by atoms with van der Waals surface area (Å²) < 4.78 is 37.8. The molecular formula is C22H21N3O7S2. The van der Waals surface area contributed by atoms with Crippen LogP contribution in [0.3, 0.4) is 0 Å². The molecule has 178 valence electrons. The molecule has 0 spiro atoms. The lowest BCUT2D eigenvalue weighted by Gasteiger charge is -2.13. The molecule has 10 nitrogen and oxygen atoms in total. The maximum atomic E-state index is 13.0. The number of benzene rings is 2. The van der Waals surface area contributed by atoms with Crippen molar-refractivity contribution in [3.05, 3.63) is 71.1 Å². The number of alkyl carbamates (subject to hydrolysis) is 1. The van der Waals surface area contributed by atoms with Crippen LogP contribution in [0.5, 0.6) is 5.75 Å². The van der Waals surface area contributed by atoms with Gasteiger partial charge in [-0.15, -0.1) is 11.3 Å². The van der Waals surface area contributed by atoms with Crippen LogP contribution in [0.15, 0.2) is 64.9 Å². The van der Waals surface area contributed by atoms with Gasteiger partial charge in [-0.2, -0.15) is 0 Å². The van der Waals surface area contributed by atoms with Crippen LogP contribution in [0.1, 0.15) is 27.6 Å². The van der Waals surface area contributed by atoms with Crippen molar-refractivity contribution in [1.29, 1.82) is 0 Å². The number of amides is 3. The van der Waals surface area contributed by atoms with Gasteiger partial charge in [0.15, 0.2) is 0 Å². The van der Waals surface area contributed by atoms with Crippen LogP contribution in [0, 0.1) is 0 Å². The summed E-state index contributed by atoms with van der Waals surface area (Å²) in [7, 11) is -2.53. The summed E-state index contributed by atoms with van der Waals surface area (Å²) in [5, 5.41) is 6.39. The number of thiophene rings is 1. The van der Waals surface area contributed by atoms with Gasteiger partial charge in [-0.05, 0) is 54.8 Å². The molecule has 0 atom stereocenters. The standard InChI is InChI=1S/C22H21N3O7S2/c1-3-32-22(28)24-20(27)17-12-13-33-21(17)23-19(26)16-6-4-5-7-18(16)25-34(29,30)15-10-8-14(31-2)9-11-15/h4-13,25H,3H2,1-2H3,(H,23,26)(H,24,27,28). The van der Waals surface area contributed by atoms with Crippen LogP contribution in [-0.4, -0.2) is 40.0 Å². The van der Waals surface area contributed by atoms with Crippen LogP contribution < -0.4 is 20.1 Å². The number of carbonyl (C=O) groups is 3. The number of methoxy groups -OCH3 is 1. The van der Waals surface area contributed by atoms with Crippen molar-refractivity contribution in [2.24, 2.45) is 0 Å². The van der Waals surface area contributed by atoms with Gasteiger partial charge in [-0.25, -0.2) is 13.2 Å². The van der Waals surface area contributed by atoms with E-state index in [1.165, 1.54) is 49.6 Å². The van der Waals surface area contributed by atoms with Gasteiger partial charge in [0, 0.05) is 0 Å². The molecular weight excluding hydrogens is 482 g/mol. The van der Waals surface area contributed by atoms with E-state index in [9.17, 15) is 22.8 Å². The highest BCUT2D eigenvalue weighted by molar-refractivity contribution is 7.92. The largest absolute Gasteiger partial charge is 0.497 e. The molecule has 0 saturated carbocycles. The first-order valence-corrected chi connectivity index (χ1v) is 12.2. The van der Waals surface area contributed by atoms with E-state index in [0.29, 0.717) is 5.75 Å². The molecule has 0 aliphatic carbocycles. The maximum absolute atomic E-state index is 13.0. The van der Waals surface area contributed by atoms with Crippen molar-refractivity contribution in [1.82, 2.24) is 5.32 Å². The lowest BCUT2D eigenvalue weighted by molar-refractivity contribution is 0.0926. The van der Waals surface area contributed by atoms with E-state index in [1.807, 2.05) is 0 Å². The number of para-hydroxylation sites is 1. The van der Waals surface area contributed by atoms with E-state index in [1.54, 1.807) is 24.4 Å². The summed E-state index contributed by atoms with van der Waals surface area (Å²) in [6.45, 7) is 1.69. The Kier molecular flexibility index (Phi) is 7.87. The minimum absolute atomic E-state index is 0.0142. The third-order valence-corrected chi connectivity index (χ3v) is 6.62. The van der Waals surface area contributed by atoms with E-state index in [-0.39, 0.29) is 33.3 Å². The van der Waals surface area contributed by atoms with E-state index in [2.05, 4.69) is 20.1 Å². The highest BCUT2D eigenvalue weighted by Gasteiger charge is 2.22. The highest BCUT2D eigenvalue weighted by atomic mass is 32.2. The molecule has 1 aromatic heterocycles. The van der Waals surface area contributed by atoms with Crippen molar-refractivity contribution in [3.63, 3.8) is 0 Å². The number of carbonyl (C=O) groups excluding carboxylic acids is 3. The molecule has 0 aliphatic heterocycles. The molecule has 12 heteroatoms. The second-order valence-corrected chi connectivity index (χ2v) is 9.22. The monoisotopic (exact) mass is 503 g/mol. The number of rotatable bonds is 8. The molecule has 0 aliphatic rings. The quantitative estimate of drug-likeness (QED) is 0.426. The predicted molar refractivity (Wildman–Crippen MR) is 127 cm³/mol. The Hall–Kier alpha value is -3.90. The molecule has 34 heavy (non-hydrogen) atoms. The van der Waals surface area contributed by atoms with Gasteiger partial charge in [0.2, 0.25) is 0 Å². The normalized spacial score (nSPS) is 10.8. The van der Waals surface area contributed by atoms with Crippen molar-refractivity contribution >= 4 is 50.0 Å². The number of ether oxygens (including phenoxy) is 2. The van der Waals surface area contributed by atoms with E-state index >= 15 is 0 Å². The van der Waals surface area contributed by atoms with Crippen molar-refractivity contribution < 1.29 is 32.3 Å². The molecule has 0 unspecified atom stereocenters.